The van der Waals surface area contributed by atoms with Gasteiger partial charge in [0.15, 0.2) is 0 Å². The zero-order valence-corrected chi connectivity index (χ0v) is 19.2. The summed E-state index contributed by atoms with van der Waals surface area (Å²) in [5.41, 5.74) is 7.27. The first-order chi connectivity index (χ1) is 10.7. The van der Waals surface area contributed by atoms with Crippen LogP contribution in [0.4, 0.5) is 0 Å². The van der Waals surface area contributed by atoms with E-state index >= 15 is 0 Å². The zero-order chi connectivity index (χ0) is 17.3. The van der Waals surface area contributed by atoms with Gasteiger partial charge in [-0.25, -0.2) is 0 Å². The van der Waals surface area contributed by atoms with Crippen LogP contribution in [0, 0.1) is 7.14 Å². The molecule has 0 aliphatic carbocycles. The van der Waals surface area contributed by atoms with Crippen LogP contribution in [0.25, 0.3) is 11.1 Å². The number of rotatable bonds is 4. The third-order valence-corrected chi connectivity index (χ3v) is 5.90. The molecule has 2 aromatic carbocycles. The predicted octanol–water partition coefficient (Wildman–Crippen LogP) is 7.93. The van der Waals surface area contributed by atoms with E-state index < -0.39 is 0 Å². The molecule has 0 fully saturated rings. The van der Waals surface area contributed by atoms with E-state index in [1.165, 1.54) is 35.0 Å². The summed E-state index contributed by atoms with van der Waals surface area (Å²) >= 11 is 4.88. The second kappa shape index (κ2) is 7.85. The second-order valence-corrected chi connectivity index (χ2v) is 9.57. The molecule has 0 bridgehead atoms. The number of halogens is 2. The molecular formula is C21H26I2. The average Bonchev–Trinajstić information content (AvgIpc) is 2.45. The molecule has 0 heterocycles. The lowest BCUT2D eigenvalue weighted by atomic mass is 9.82. The fraction of sp³-hybridized carbons (Fsp3) is 0.429. The van der Waals surface area contributed by atoms with E-state index in [0.717, 1.165) is 0 Å². The summed E-state index contributed by atoms with van der Waals surface area (Å²) in [6.45, 7) is 13.8. The van der Waals surface area contributed by atoms with E-state index in [4.69, 9.17) is 0 Å². The van der Waals surface area contributed by atoms with Crippen molar-refractivity contribution in [2.75, 3.05) is 0 Å². The normalized spacial score (nSPS) is 11.8. The van der Waals surface area contributed by atoms with Gasteiger partial charge >= 0.3 is 0 Å². The van der Waals surface area contributed by atoms with Crippen LogP contribution in [0.5, 0.6) is 0 Å². The minimum absolute atomic E-state index is 0.524. The van der Waals surface area contributed by atoms with Crippen molar-refractivity contribution >= 4 is 45.2 Å². The van der Waals surface area contributed by atoms with Crippen LogP contribution >= 0.6 is 45.2 Å². The van der Waals surface area contributed by atoms with Gasteiger partial charge in [-0.2, -0.15) is 0 Å². The van der Waals surface area contributed by atoms with Gasteiger partial charge in [0.2, 0.25) is 0 Å². The van der Waals surface area contributed by atoms with Gasteiger partial charge in [0.25, 0.3) is 0 Å². The van der Waals surface area contributed by atoms with E-state index in [0.29, 0.717) is 17.8 Å². The molecule has 0 saturated heterocycles. The molecule has 0 saturated carbocycles. The number of hydrogen-bond donors (Lipinski definition) is 0. The standard InChI is InChI=1S/C21H26I2/c1-12(2)15-9-18(13(3)4)21(19(10-15)14(5)6)17-8-7-16(22)11-20(17)23/h7-14H,1-6H3. The van der Waals surface area contributed by atoms with E-state index in [9.17, 15) is 0 Å². The Hall–Kier alpha value is -0.100. The summed E-state index contributed by atoms with van der Waals surface area (Å²) in [5.74, 6) is 1.61. The van der Waals surface area contributed by atoms with E-state index in [1.807, 2.05) is 0 Å². The highest BCUT2D eigenvalue weighted by Gasteiger charge is 2.19. The molecule has 2 aromatic rings. The summed E-state index contributed by atoms with van der Waals surface area (Å²) < 4.78 is 2.64. The van der Waals surface area contributed by atoms with Gasteiger partial charge in [0.1, 0.15) is 0 Å². The molecule has 0 aliphatic heterocycles. The summed E-state index contributed by atoms with van der Waals surface area (Å²) in [7, 11) is 0. The molecule has 0 radical (unpaired) electrons. The highest BCUT2D eigenvalue weighted by molar-refractivity contribution is 14.1. The summed E-state index contributed by atoms with van der Waals surface area (Å²) in [6, 6.07) is 11.7. The maximum absolute atomic E-state index is 2.49. The second-order valence-electron chi connectivity index (χ2n) is 7.16. The highest BCUT2D eigenvalue weighted by Crippen LogP contribution is 2.40. The monoisotopic (exact) mass is 532 g/mol. The number of hydrogen-bond acceptors (Lipinski definition) is 0. The molecule has 0 amide bonds. The van der Waals surface area contributed by atoms with E-state index in [1.54, 1.807) is 0 Å². The Bertz CT molecular complexity index is 668. The fourth-order valence-corrected chi connectivity index (χ4v) is 4.83. The summed E-state index contributed by atoms with van der Waals surface area (Å²) in [6.07, 6.45) is 0. The lowest BCUT2D eigenvalue weighted by Gasteiger charge is -2.24. The maximum atomic E-state index is 2.49. The Balaban J connectivity index is 2.83. The van der Waals surface area contributed by atoms with Crippen LogP contribution in [-0.2, 0) is 0 Å². The van der Waals surface area contributed by atoms with Crippen LogP contribution in [-0.4, -0.2) is 0 Å². The van der Waals surface area contributed by atoms with Gasteiger partial charge in [-0.05, 0) is 103 Å². The Kier molecular flexibility index (Phi) is 6.57. The van der Waals surface area contributed by atoms with Crippen molar-refractivity contribution in [3.05, 3.63) is 54.2 Å². The van der Waals surface area contributed by atoms with Crippen molar-refractivity contribution in [1.29, 1.82) is 0 Å². The topological polar surface area (TPSA) is 0 Å². The smallest absolute Gasteiger partial charge is 0.0219 e. The first kappa shape index (κ1) is 19.2. The van der Waals surface area contributed by atoms with Gasteiger partial charge in [-0.15, -0.1) is 0 Å². The Morgan fingerprint density at radius 3 is 1.61 bits per heavy atom. The van der Waals surface area contributed by atoms with Gasteiger partial charge in [0, 0.05) is 7.14 Å². The van der Waals surface area contributed by atoms with Crippen molar-refractivity contribution in [2.24, 2.45) is 0 Å². The SMILES string of the molecule is CC(C)c1cc(C(C)C)c(-c2ccc(I)cc2I)c(C(C)C)c1. The maximum Gasteiger partial charge on any atom is 0.0219 e. The molecule has 0 nitrogen and oxygen atoms in total. The number of benzene rings is 2. The van der Waals surface area contributed by atoms with Gasteiger partial charge in [0.05, 0.1) is 0 Å². The van der Waals surface area contributed by atoms with Crippen molar-refractivity contribution in [3.8, 4) is 11.1 Å². The average molecular weight is 532 g/mol. The van der Waals surface area contributed by atoms with Crippen LogP contribution < -0.4 is 0 Å². The van der Waals surface area contributed by atoms with Crippen molar-refractivity contribution in [1.82, 2.24) is 0 Å². The third kappa shape index (κ3) is 4.30. The summed E-state index contributed by atoms with van der Waals surface area (Å²) in [5, 5.41) is 0. The first-order valence-electron chi connectivity index (χ1n) is 8.35. The minimum Gasteiger partial charge on any atom is -0.0587 e. The Morgan fingerprint density at radius 2 is 1.22 bits per heavy atom. The Labute approximate surface area is 168 Å². The van der Waals surface area contributed by atoms with Crippen molar-refractivity contribution in [3.63, 3.8) is 0 Å². The molecule has 23 heavy (non-hydrogen) atoms. The van der Waals surface area contributed by atoms with Crippen LogP contribution in [0.15, 0.2) is 30.3 Å². The molecule has 124 valence electrons. The largest absolute Gasteiger partial charge is 0.0587 e. The molecule has 0 atom stereocenters. The lowest BCUT2D eigenvalue weighted by Crippen LogP contribution is -2.04. The van der Waals surface area contributed by atoms with Gasteiger partial charge in [-0.3, -0.25) is 0 Å². The lowest BCUT2D eigenvalue weighted by molar-refractivity contribution is 0.807. The molecule has 2 rings (SSSR count). The molecule has 0 N–H and O–H groups in total. The van der Waals surface area contributed by atoms with E-state index in [2.05, 4.69) is 117 Å². The molecule has 0 spiro atoms. The molecular weight excluding hydrogens is 506 g/mol. The van der Waals surface area contributed by atoms with Crippen LogP contribution in [0.2, 0.25) is 0 Å². The fourth-order valence-electron chi connectivity index (χ4n) is 2.96. The predicted molar refractivity (Wildman–Crippen MR) is 120 cm³/mol. The molecule has 0 aliphatic rings. The molecule has 0 aromatic heterocycles. The van der Waals surface area contributed by atoms with Crippen LogP contribution in [0.3, 0.4) is 0 Å². The van der Waals surface area contributed by atoms with Gasteiger partial charge in [-0.1, -0.05) is 59.7 Å². The quantitative estimate of drug-likeness (QED) is 0.351. The molecule has 2 heteroatoms. The zero-order valence-electron chi connectivity index (χ0n) is 14.9. The van der Waals surface area contributed by atoms with Crippen LogP contribution in [0.1, 0.15) is 76.0 Å². The van der Waals surface area contributed by atoms with Gasteiger partial charge < -0.3 is 0 Å². The van der Waals surface area contributed by atoms with Crippen molar-refractivity contribution in [2.45, 2.75) is 59.3 Å². The first-order valence-corrected chi connectivity index (χ1v) is 10.5. The highest BCUT2D eigenvalue weighted by atomic mass is 127. The van der Waals surface area contributed by atoms with Crippen molar-refractivity contribution < 1.29 is 0 Å². The summed E-state index contributed by atoms with van der Waals surface area (Å²) in [4.78, 5) is 0. The molecule has 0 unspecified atom stereocenters. The third-order valence-electron chi connectivity index (χ3n) is 4.33. The van der Waals surface area contributed by atoms with E-state index in [-0.39, 0.29) is 0 Å². The minimum atomic E-state index is 0.524. The Morgan fingerprint density at radius 1 is 0.696 bits per heavy atom.